The smallest absolute Gasteiger partial charge is 0.573 e. The molecule has 81 heavy (non-hydrogen) atoms. The molecule has 0 unspecified atom stereocenters. The Bertz CT molecular complexity index is 3260. The first-order valence-electron chi connectivity index (χ1n) is 27.0. The summed E-state index contributed by atoms with van der Waals surface area (Å²) in [6.07, 6.45) is 0.652. The Morgan fingerprint density at radius 1 is 0.432 bits per heavy atom. The Morgan fingerprint density at radius 3 is 1.05 bits per heavy atom. The van der Waals surface area contributed by atoms with Crippen LogP contribution in [0.25, 0.3) is 66.8 Å². The predicted molar refractivity (Wildman–Crippen MR) is 321 cm³/mol. The molecule has 422 valence electrons. The van der Waals surface area contributed by atoms with Gasteiger partial charge in [-0.2, -0.15) is 26.3 Å². The van der Waals surface area contributed by atoms with Gasteiger partial charge in [0.2, 0.25) is 0 Å². The van der Waals surface area contributed by atoms with Crippen LogP contribution in [0.4, 0.5) is 26.3 Å². The van der Waals surface area contributed by atoms with E-state index in [9.17, 15) is 26.3 Å². The van der Waals surface area contributed by atoms with Crippen molar-refractivity contribution in [3.8, 4) is 45.0 Å². The van der Waals surface area contributed by atoms with E-state index >= 15 is 0 Å². The number of benzene rings is 6. The van der Waals surface area contributed by atoms with Crippen molar-refractivity contribution in [2.75, 3.05) is 24.6 Å². The second-order valence-electron chi connectivity index (χ2n) is 20.0. The third kappa shape index (κ3) is 16.8. The van der Waals surface area contributed by atoms with Gasteiger partial charge in [-0.1, -0.05) is 160 Å². The fourth-order valence-electron chi connectivity index (χ4n) is 9.55. The fraction of sp³-hybridized carbons (Fsp3) is 0.281. The Kier molecular flexibility index (Phi) is 23.6. The summed E-state index contributed by atoms with van der Waals surface area (Å²) in [7, 11) is -0.402. The monoisotopic (exact) mass is 1320 g/mol. The number of hydrogen-bond acceptors (Lipinski definition) is 6. The van der Waals surface area contributed by atoms with E-state index in [0.29, 0.717) is 56.2 Å². The van der Waals surface area contributed by atoms with Crippen molar-refractivity contribution in [2.24, 2.45) is 11.8 Å². The Labute approximate surface area is 487 Å². The van der Waals surface area contributed by atoms with Crippen molar-refractivity contribution in [1.29, 1.82) is 0 Å². The van der Waals surface area contributed by atoms with E-state index in [0.717, 1.165) is 24.0 Å². The second-order valence-corrected chi connectivity index (χ2v) is 26.4. The van der Waals surface area contributed by atoms with Gasteiger partial charge in [-0.15, -0.1) is 0 Å². The van der Waals surface area contributed by atoms with E-state index in [1.807, 2.05) is 36.4 Å². The van der Waals surface area contributed by atoms with Crippen LogP contribution in [0.3, 0.4) is 0 Å². The molecule has 8 nitrogen and oxygen atoms in total. The maximum atomic E-state index is 13.6. The molecule has 4 heterocycles. The Hall–Kier alpha value is -6.50. The summed E-state index contributed by atoms with van der Waals surface area (Å²) in [5.41, 5.74) is 3.09. The number of aromatic nitrogens is 8. The molecule has 0 aliphatic heterocycles. The Morgan fingerprint density at radius 2 is 0.753 bits per heavy atom. The van der Waals surface area contributed by atoms with Crippen LogP contribution in [-0.2, 0) is 45.0 Å². The van der Waals surface area contributed by atoms with E-state index < -0.39 is 23.7 Å². The summed E-state index contributed by atoms with van der Waals surface area (Å²) in [5.74, 6) is 0.961. The van der Waals surface area contributed by atoms with Crippen LogP contribution in [0, 0.1) is 11.8 Å². The Balaban J connectivity index is 0.000000190. The summed E-state index contributed by atoms with van der Waals surface area (Å²) in [6.45, 7) is 17.7. The summed E-state index contributed by atoms with van der Waals surface area (Å²) in [6, 6.07) is 50.0. The predicted octanol–water partition coefficient (Wildman–Crippen LogP) is 16.2. The zero-order chi connectivity index (χ0) is 57.4. The fourth-order valence-corrected chi connectivity index (χ4v) is 13.5. The average molecular weight is 1320 g/mol. The molecule has 0 N–H and O–H groups in total. The molecule has 4 aromatic heterocycles. The number of halogens is 6. The van der Waals surface area contributed by atoms with Gasteiger partial charge < -0.3 is 20.4 Å². The zero-order valence-electron chi connectivity index (χ0n) is 46.8. The van der Waals surface area contributed by atoms with E-state index in [1.165, 1.54) is 37.3 Å². The SMILES string of the molecule is CC(C)Cc1ccc2c(-c3[n-]nc(C(F)(F)F)c3-c3ccccc3)ncnc2c1.CC(C)Cc1ccc2c(-c3[n-]nc(C(F)(F)F)c3-c3ccccc3)ncnc2c1.CC[PH+](CC)c1ccccc1.CC[PH+](CC)c1ccccc1.[Os+2]. The standard InChI is InChI=1S/2C22H18F3N4.2C10H15P.Os/c2*1-13(2)10-14-8-9-16-17(11-14)26-12-27-19(16)20-18(15-6-4-3-5-7-15)21(29-28-20)22(23,24)25;2*1-3-11(4-2)10-8-6-5-7-9-10;/h2*3-9,11-13H,10H2,1-2H3;2*5-9H,3-4H2,1-2H3;/q2*-1;;;+2/p+2. The third-order valence-electron chi connectivity index (χ3n) is 13.3. The van der Waals surface area contributed by atoms with Gasteiger partial charge >= 0.3 is 32.1 Å². The van der Waals surface area contributed by atoms with Crippen molar-refractivity contribution in [3.05, 3.63) is 193 Å². The number of hydrogen-bond donors (Lipinski definition) is 0. The van der Waals surface area contributed by atoms with Gasteiger partial charge in [0.05, 0.1) is 57.7 Å². The maximum Gasteiger partial charge on any atom is 2.00 e. The van der Waals surface area contributed by atoms with Crippen LogP contribution < -0.4 is 20.8 Å². The molecule has 0 radical (unpaired) electrons. The maximum absolute atomic E-state index is 13.6. The molecule has 0 amide bonds. The first kappa shape index (κ1) is 63.7. The minimum atomic E-state index is -4.62. The van der Waals surface area contributed by atoms with Gasteiger partial charge in [-0.25, -0.2) is 19.9 Å². The average Bonchev–Trinajstić information content (AvgIpc) is 4.12. The van der Waals surface area contributed by atoms with Crippen LogP contribution >= 0.6 is 15.8 Å². The van der Waals surface area contributed by atoms with Crippen LogP contribution in [0.15, 0.2) is 170 Å². The van der Waals surface area contributed by atoms with Gasteiger partial charge in [0.15, 0.2) is 0 Å². The molecule has 0 aliphatic rings. The number of fused-ring (bicyclic) bond motifs is 2. The van der Waals surface area contributed by atoms with E-state index in [2.05, 4.69) is 156 Å². The van der Waals surface area contributed by atoms with Gasteiger partial charge in [0.25, 0.3) is 0 Å². The molecule has 17 heteroatoms. The molecule has 0 saturated carbocycles. The molecule has 0 bridgehead atoms. The quantitative estimate of drug-likeness (QED) is 0.0783. The van der Waals surface area contributed by atoms with Crippen molar-refractivity contribution in [3.63, 3.8) is 0 Å². The van der Waals surface area contributed by atoms with Crippen molar-refractivity contribution < 1.29 is 46.1 Å². The van der Waals surface area contributed by atoms with Crippen molar-refractivity contribution in [2.45, 2.75) is 80.6 Å². The van der Waals surface area contributed by atoms with E-state index in [-0.39, 0.29) is 58.1 Å². The van der Waals surface area contributed by atoms with Crippen molar-refractivity contribution in [1.82, 2.24) is 40.3 Å². The van der Waals surface area contributed by atoms with Crippen LogP contribution in [0.2, 0.25) is 0 Å². The van der Waals surface area contributed by atoms with Crippen molar-refractivity contribution >= 4 is 48.3 Å². The van der Waals surface area contributed by atoms with Gasteiger partial charge in [-0.05, 0) is 122 Å². The van der Waals surface area contributed by atoms with E-state index in [4.69, 9.17) is 0 Å². The van der Waals surface area contributed by atoms with Gasteiger partial charge in [0.1, 0.15) is 24.0 Å². The van der Waals surface area contributed by atoms with Crippen LogP contribution in [-0.4, -0.2) is 54.8 Å². The van der Waals surface area contributed by atoms with E-state index in [1.54, 1.807) is 71.3 Å². The van der Waals surface area contributed by atoms with Crippen LogP contribution in [0.1, 0.15) is 77.9 Å². The summed E-state index contributed by atoms with van der Waals surface area (Å²) in [5, 5.41) is 19.2. The molecule has 0 atom stereocenters. The molecule has 6 aromatic carbocycles. The molecule has 10 rings (SSSR count). The number of nitrogens with zero attached hydrogens (tertiary/aromatic N) is 8. The first-order valence-corrected chi connectivity index (χ1v) is 30.9. The number of alkyl halides is 6. The molecule has 0 spiro atoms. The van der Waals surface area contributed by atoms with Crippen LogP contribution in [0.5, 0.6) is 0 Å². The molecule has 10 aromatic rings. The normalized spacial score (nSPS) is 11.5. The number of rotatable bonds is 14. The largest absolute Gasteiger partial charge is 2.00 e. The molecule has 0 aliphatic carbocycles. The summed E-state index contributed by atoms with van der Waals surface area (Å²) < 4.78 is 81.7. The minimum absolute atomic E-state index is 0. The van der Waals surface area contributed by atoms with Gasteiger partial charge in [0, 0.05) is 26.6 Å². The third-order valence-corrected chi connectivity index (χ3v) is 19.0. The second kappa shape index (κ2) is 30.0. The molecule has 0 saturated heterocycles. The molecule has 0 fully saturated rings. The summed E-state index contributed by atoms with van der Waals surface area (Å²) in [4.78, 5) is 17.2. The van der Waals surface area contributed by atoms with Gasteiger partial charge in [-0.3, -0.25) is 0 Å². The first-order chi connectivity index (χ1) is 38.4. The zero-order valence-corrected chi connectivity index (χ0v) is 51.3. The topological polar surface area (TPSA) is 106 Å². The minimum Gasteiger partial charge on any atom is -0.573 e. The summed E-state index contributed by atoms with van der Waals surface area (Å²) >= 11 is 0. The molecular formula is C64H68F6N8OsP2+2. The molecular weight excluding hydrogens is 1250 g/mol.